The van der Waals surface area contributed by atoms with E-state index in [1.807, 2.05) is 0 Å². The summed E-state index contributed by atoms with van der Waals surface area (Å²) in [4.78, 5) is -0.0726. The Morgan fingerprint density at radius 1 is 1.15 bits per heavy atom. The summed E-state index contributed by atoms with van der Waals surface area (Å²) in [7, 11) is -3.88. The molecule has 0 saturated carbocycles. The smallest absolute Gasteiger partial charge is 0.240 e. The fourth-order valence-corrected chi connectivity index (χ4v) is 2.76. The van der Waals surface area contributed by atoms with Crippen LogP contribution in [0.15, 0.2) is 45.8 Å². The maximum atomic E-state index is 11.6. The number of nitrogen functional groups attached to an aromatic ring is 1. The summed E-state index contributed by atoms with van der Waals surface area (Å²) in [6, 6.07) is 9.59. The van der Waals surface area contributed by atoms with Crippen molar-refractivity contribution in [2.45, 2.75) is 4.90 Å². The van der Waals surface area contributed by atoms with Gasteiger partial charge in [-0.25, -0.2) is 13.6 Å². The van der Waals surface area contributed by atoms with Gasteiger partial charge < -0.3 is 11.1 Å². The second-order valence-corrected chi connectivity index (χ2v) is 6.85. The van der Waals surface area contributed by atoms with Gasteiger partial charge in [-0.1, -0.05) is 11.6 Å². The van der Waals surface area contributed by atoms with Crippen molar-refractivity contribution in [2.24, 2.45) is 5.14 Å². The molecule has 0 aliphatic rings. The molecule has 2 aromatic carbocycles. The van der Waals surface area contributed by atoms with Crippen LogP contribution in [0.1, 0.15) is 0 Å². The third-order valence-electron chi connectivity index (χ3n) is 2.51. The van der Waals surface area contributed by atoms with Crippen molar-refractivity contribution in [1.82, 2.24) is 0 Å². The summed E-state index contributed by atoms with van der Waals surface area (Å²) in [6.07, 6.45) is 0. The lowest BCUT2D eigenvalue weighted by Gasteiger charge is -2.12. The molecule has 8 heteroatoms. The van der Waals surface area contributed by atoms with Crippen molar-refractivity contribution < 1.29 is 8.42 Å². The van der Waals surface area contributed by atoms with Crippen molar-refractivity contribution >= 4 is 54.6 Å². The largest absolute Gasteiger partial charge is 0.399 e. The molecule has 0 bridgehead atoms. The van der Waals surface area contributed by atoms with Crippen LogP contribution in [0.25, 0.3) is 0 Å². The fourth-order valence-electron chi connectivity index (χ4n) is 1.61. The number of nitrogens with one attached hydrogen (secondary N) is 1. The molecular formula is C12H11BrClN3O2S. The van der Waals surface area contributed by atoms with Crippen molar-refractivity contribution in [3.8, 4) is 0 Å². The average molecular weight is 377 g/mol. The molecule has 0 radical (unpaired) electrons. The van der Waals surface area contributed by atoms with Gasteiger partial charge in [0.15, 0.2) is 0 Å². The summed E-state index contributed by atoms with van der Waals surface area (Å²) in [5.74, 6) is 0. The molecule has 2 rings (SSSR count). The number of hydrogen-bond donors (Lipinski definition) is 3. The van der Waals surface area contributed by atoms with E-state index in [1.165, 1.54) is 6.07 Å². The maximum absolute atomic E-state index is 11.6. The van der Waals surface area contributed by atoms with Gasteiger partial charge in [-0.05, 0) is 52.3 Å². The number of primary sulfonamides is 1. The summed E-state index contributed by atoms with van der Waals surface area (Å²) in [6.45, 7) is 0. The maximum Gasteiger partial charge on any atom is 0.240 e. The van der Waals surface area contributed by atoms with Crippen LogP contribution >= 0.6 is 27.5 Å². The highest BCUT2D eigenvalue weighted by Gasteiger charge is 2.14. The quantitative estimate of drug-likeness (QED) is 0.717. The van der Waals surface area contributed by atoms with Gasteiger partial charge in [0.05, 0.1) is 10.7 Å². The summed E-state index contributed by atoms with van der Waals surface area (Å²) in [5, 5.41) is 8.63. The summed E-state index contributed by atoms with van der Waals surface area (Å²) in [5.41, 5.74) is 6.87. The normalized spacial score (nSPS) is 11.3. The van der Waals surface area contributed by atoms with Crippen molar-refractivity contribution in [3.05, 3.63) is 45.9 Å². The molecule has 0 fully saturated rings. The second kappa shape index (κ2) is 5.61. The van der Waals surface area contributed by atoms with Gasteiger partial charge in [0, 0.05) is 15.8 Å². The van der Waals surface area contributed by atoms with Crippen molar-refractivity contribution in [3.63, 3.8) is 0 Å². The van der Waals surface area contributed by atoms with E-state index in [9.17, 15) is 8.42 Å². The predicted molar refractivity (Wildman–Crippen MR) is 84.7 cm³/mol. The topological polar surface area (TPSA) is 98.2 Å². The summed E-state index contributed by atoms with van der Waals surface area (Å²) >= 11 is 9.26. The highest BCUT2D eigenvalue weighted by atomic mass is 79.9. The Balaban J connectivity index is 2.46. The number of sulfonamides is 1. The number of rotatable bonds is 3. The van der Waals surface area contributed by atoms with Gasteiger partial charge in [0.25, 0.3) is 0 Å². The molecule has 0 aliphatic carbocycles. The number of benzene rings is 2. The van der Waals surface area contributed by atoms with Crippen LogP contribution in [0.2, 0.25) is 5.02 Å². The monoisotopic (exact) mass is 375 g/mol. The SMILES string of the molecule is Nc1ccc(Nc2ccc(Br)c(Cl)c2)c(S(N)(=O)=O)c1. The van der Waals surface area contributed by atoms with E-state index >= 15 is 0 Å². The summed E-state index contributed by atoms with van der Waals surface area (Å²) < 4.78 is 23.9. The molecular weight excluding hydrogens is 366 g/mol. The molecule has 106 valence electrons. The molecule has 0 saturated heterocycles. The van der Waals surface area contributed by atoms with E-state index in [0.29, 0.717) is 22.1 Å². The lowest BCUT2D eigenvalue weighted by molar-refractivity contribution is 0.598. The average Bonchev–Trinajstić information content (AvgIpc) is 2.35. The van der Waals surface area contributed by atoms with Crippen LogP contribution in [-0.2, 0) is 10.0 Å². The Labute approximate surface area is 130 Å². The first-order valence-electron chi connectivity index (χ1n) is 5.42. The first-order valence-corrected chi connectivity index (χ1v) is 8.13. The molecule has 2 aromatic rings. The van der Waals surface area contributed by atoms with Gasteiger partial charge in [-0.3, -0.25) is 0 Å². The zero-order valence-corrected chi connectivity index (χ0v) is 13.3. The fraction of sp³-hybridized carbons (Fsp3) is 0. The minimum atomic E-state index is -3.88. The van der Waals surface area contributed by atoms with Gasteiger partial charge in [0.2, 0.25) is 10.0 Å². The lowest BCUT2D eigenvalue weighted by Crippen LogP contribution is -2.14. The van der Waals surface area contributed by atoms with Crippen LogP contribution in [0.5, 0.6) is 0 Å². The Morgan fingerprint density at radius 3 is 2.45 bits per heavy atom. The third-order valence-corrected chi connectivity index (χ3v) is 4.69. The van der Waals surface area contributed by atoms with Crippen LogP contribution in [0.3, 0.4) is 0 Å². The number of nitrogens with two attached hydrogens (primary N) is 2. The Kier molecular flexibility index (Phi) is 4.24. The highest BCUT2D eigenvalue weighted by Crippen LogP contribution is 2.30. The van der Waals surface area contributed by atoms with Gasteiger partial charge >= 0.3 is 0 Å². The van der Waals surface area contributed by atoms with E-state index in [1.54, 1.807) is 30.3 Å². The van der Waals surface area contributed by atoms with Crippen LogP contribution in [0.4, 0.5) is 17.1 Å². The molecule has 20 heavy (non-hydrogen) atoms. The zero-order chi connectivity index (χ0) is 14.9. The molecule has 0 spiro atoms. The molecule has 0 amide bonds. The first-order chi connectivity index (χ1) is 9.27. The third kappa shape index (κ3) is 3.43. The van der Waals surface area contributed by atoms with Gasteiger partial charge in [-0.15, -0.1) is 0 Å². The Hall–Kier alpha value is -1.28. The van der Waals surface area contributed by atoms with E-state index in [4.69, 9.17) is 22.5 Å². The predicted octanol–water partition coefficient (Wildman–Crippen LogP) is 3.08. The molecule has 0 atom stereocenters. The van der Waals surface area contributed by atoms with E-state index in [0.717, 1.165) is 4.47 Å². The van der Waals surface area contributed by atoms with E-state index in [-0.39, 0.29) is 4.90 Å². The van der Waals surface area contributed by atoms with Crippen LogP contribution in [-0.4, -0.2) is 8.42 Å². The molecule has 0 unspecified atom stereocenters. The molecule has 5 N–H and O–H groups in total. The zero-order valence-electron chi connectivity index (χ0n) is 10.1. The van der Waals surface area contributed by atoms with Gasteiger partial charge in [0.1, 0.15) is 4.90 Å². The number of hydrogen-bond acceptors (Lipinski definition) is 4. The first kappa shape index (κ1) is 15.1. The van der Waals surface area contributed by atoms with E-state index < -0.39 is 10.0 Å². The minimum absolute atomic E-state index is 0.0726. The van der Waals surface area contributed by atoms with Crippen molar-refractivity contribution in [2.75, 3.05) is 11.1 Å². The minimum Gasteiger partial charge on any atom is -0.399 e. The number of anilines is 3. The molecule has 0 aliphatic heterocycles. The molecule has 0 heterocycles. The van der Waals surface area contributed by atoms with Crippen molar-refractivity contribution in [1.29, 1.82) is 0 Å². The number of halogens is 2. The Morgan fingerprint density at radius 2 is 1.85 bits per heavy atom. The second-order valence-electron chi connectivity index (χ2n) is 4.05. The van der Waals surface area contributed by atoms with Crippen LogP contribution in [0, 0.1) is 0 Å². The molecule has 5 nitrogen and oxygen atoms in total. The molecule has 0 aromatic heterocycles. The van der Waals surface area contributed by atoms with E-state index in [2.05, 4.69) is 21.2 Å². The highest BCUT2D eigenvalue weighted by molar-refractivity contribution is 9.10. The van der Waals surface area contributed by atoms with Gasteiger partial charge in [-0.2, -0.15) is 0 Å². The standard InChI is InChI=1S/C12H11BrClN3O2S/c13-9-3-2-8(6-10(9)14)17-11-4-1-7(15)5-12(11)20(16,18)19/h1-6,17H,15H2,(H2,16,18,19). The van der Waals surface area contributed by atoms with Crippen LogP contribution < -0.4 is 16.2 Å². The Bertz CT molecular complexity index is 765. The lowest BCUT2D eigenvalue weighted by atomic mass is 10.2.